The SMILES string of the molecule is CCCOC(CC)OC(CC)OC(CC)OC(=O)C(F)(F)C(F)(F)F. The van der Waals surface area contributed by atoms with Crippen molar-refractivity contribution in [3.8, 4) is 0 Å². The molecule has 0 radical (unpaired) electrons. The number of carbonyl (C=O) groups is 1. The molecule has 0 fully saturated rings. The van der Waals surface area contributed by atoms with E-state index in [1.54, 1.807) is 13.8 Å². The summed E-state index contributed by atoms with van der Waals surface area (Å²) in [6, 6.07) is 0. The van der Waals surface area contributed by atoms with Crippen molar-refractivity contribution in [1.29, 1.82) is 0 Å². The summed E-state index contributed by atoms with van der Waals surface area (Å²) in [6.45, 7) is 7.17. The Morgan fingerprint density at radius 3 is 1.72 bits per heavy atom. The van der Waals surface area contributed by atoms with E-state index in [4.69, 9.17) is 14.2 Å². The molecular weight excluding hydrogens is 355 g/mol. The van der Waals surface area contributed by atoms with Crippen LogP contribution in [0.4, 0.5) is 22.0 Å². The highest BCUT2D eigenvalue weighted by Gasteiger charge is 2.65. The van der Waals surface area contributed by atoms with Gasteiger partial charge in [-0.1, -0.05) is 27.7 Å². The first kappa shape index (κ1) is 24.0. The van der Waals surface area contributed by atoms with Crippen LogP contribution in [-0.4, -0.2) is 43.5 Å². The molecule has 10 heteroatoms. The molecule has 3 unspecified atom stereocenters. The van der Waals surface area contributed by atoms with E-state index in [9.17, 15) is 26.7 Å². The van der Waals surface area contributed by atoms with Crippen molar-refractivity contribution in [1.82, 2.24) is 0 Å². The molecule has 0 aliphatic carbocycles. The fraction of sp³-hybridized carbons (Fsp3) is 0.933. The normalized spacial score (nSPS) is 16.4. The van der Waals surface area contributed by atoms with Crippen molar-refractivity contribution in [2.75, 3.05) is 6.61 Å². The molecule has 25 heavy (non-hydrogen) atoms. The van der Waals surface area contributed by atoms with Crippen LogP contribution in [0.2, 0.25) is 0 Å². The number of ether oxygens (including phenoxy) is 4. The Kier molecular flexibility index (Phi) is 10.4. The summed E-state index contributed by atoms with van der Waals surface area (Å²) in [4.78, 5) is 11.1. The summed E-state index contributed by atoms with van der Waals surface area (Å²) in [5, 5.41) is 0. The topological polar surface area (TPSA) is 54.0 Å². The molecule has 3 atom stereocenters. The highest BCUT2D eigenvalue weighted by molar-refractivity contribution is 5.78. The van der Waals surface area contributed by atoms with Gasteiger partial charge in [0.2, 0.25) is 6.29 Å². The van der Waals surface area contributed by atoms with Gasteiger partial charge < -0.3 is 18.9 Å². The molecule has 0 bridgehead atoms. The van der Waals surface area contributed by atoms with Gasteiger partial charge in [-0.15, -0.1) is 0 Å². The molecule has 150 valence electrons. The smallest absolute Gasteiger partial charge is 0.431 e. The minimum atomic E-state index is -6.04. The van der Waals surface area contributed by atoms with Crippen molar-refractivity contribution >= 4 is 5.97 Å². The highest BCUT2D eigenvalue weighted by atomic mass is 19.4. The number of halogens is 5. The monoisotopic (exact) mass is 380 g/mol. The molecule has 0 aromatic heterocycles. The van der Waals surface area contributed by atoms with Gasteiger partial charge >= 0.3 is 18.1 Å². The summed E-state index contributed by atoms with van der Waals surface area (Å²) in [7, 11) is 0. The van der Waals surface area contributed by atoms with Crippen LogP contribution in [0, 0.1) is 0 Å². The number of hydrogen-bond acceptors (Lipinski definition) is 5. The second-order valence-corrected chi connectivity index (χ2v) is 5.13. The van der Waals surface area contributed by atoms with Crippen molar-refractivity contribution < 1.29 is 45.7 Å². The lowest BCUT2D eigenvalue weighted by Gasteiger charge is -2.28. The molecule has 0 rings (SSSR count). The van der Waals surface area contributed by atoms with E-state index in [-0.39, 0.29) is 12.8 Å². The van der Waals surface area contributed by atoms with Crippen LogP contribution in [0.1, 0.15) is 53.4 Å². The molecule has 0 aromatic carbocycles. The standard InChI is InChI=1S/C15H25F5O5/c1-5-9-22-10(6-2)23-11(7-3)24-12(8-4)25-13(21)14(16,17)15(18,19)20/h10-12H,5-9H2,1-4H3. The van der Waals surface area contributed by atoms with Gasteiger partial charge in [0.25, 0.3) is 0 Å². The van der Waals surface area contributed by atoms with Crippen molar-refractivity contribution in [3.63, 3.8) is 0 Å². The Hall–Kier alpha value is -1.00. The average molecular weight is 380 g/mol. The fourth-order valence-corrected chi connectivity index (χ4v) is 1.58. The van der Waals surface area contributed by atoms with E-state index < -0.39 is 36.9 Å². The molecule has 0 aliphatic rings. The van der Waals surface area contributed by atoms with Crippen LogP contribution in [0.15, 0.2) is 0 Å². The van der Waals surface area contributed by atoms with Crippen LogP contribution in [0.3, 0.4) is 0 Å². The maximum Gasteiger partial charge on any atom is 0.465 e. The predicted octanol–water partition coefficient (Wildman–Crippen LogP) is 4.40. The van der Waals surface area contributed by atoms with Crippen LogP contribution in [0.25, 0.3) is 0 Å². The van der Waals surface area contributed by atoms with E-state index in [1.807, 2.05) is 6.92 Å². The Balaban J connectivity index is 4.80. The summed E-state index contributed by atoms with van der Waals surface area (Å²) in [6.07, 6.45) is -7.92. The van der Waals surface area contributed by atoms with Gasteiger partial charge in [0.1, 0.15) is 0 Å². The van der Waals surface area contributed by atoms with Crippen molar-refractivity contribution in [3.05, 3.63) is 0 Å². The Labute approximate surface area is 143 Å². The maximum atomic E-state index is 12.9. The summed E-state index contributed by atoms with van der Waals surface area (Å²) in [5.74, 6) is -8.32. The quantitative estimate of drug-likeness (QED) is 0.285. The third-order valence-electron chi connectivity index (χ3n) is 2.97. The summed E-state index contributed by atoms with van der Waals surface area (Å²) < 4.78 is 82.6. The molecule has 0 saturated carbocycles. The van der Waals surface area contributed by atoms with Gasteiger partial charge in [-0.2, -0.15) is 22.0 Å². The predicted molar refractivity (Wildman–Crippen MR) is 77.7 cm³/mol. The third-order valence-corrected chi connectivity index (χ3v) is 2.97. The summed E-state index contributed by atoms with van der Waals surface area (Å²) >= 11 is 0. The first-order valence-electron chi connectivity index (χ1n) is 8.11. The second kappa shape index (κ2) is 10.9. The summed E-state index contributed by atoms with van der Waals surface area (Å²) in [5.41, 5.74) is 0. The van der Waals surface area contributed by atoms with E-state index >= 15 is 0 Å². The van der Waals surface area contributed by atoms with Crippen LogP contribution in [-0.2, 0) is 23.7 Å². The largest absolute Gasteiger partial charge is 0.465 e. The molecule has 0 saturated heterocycles. The van der Waals surface area contributed by atoms with Gasteiger partial charge in [-0.25, -0.2) is 4.79 Å². The van der Waals surface area contributed by atoms with Crippen LogP contribution < -0.4 is 0 Å². The Morgan fingerprint density at radius 2 is 1.32 bits per heavy atom. The van der Waals surface area contributed by atoms with Crippen molar-refractivity contribution in [2.45, 2.75) is 84.3 Å². The van der Waals surface area contributed by atoms with Gasteiger partial charge in [0.15, 0.2) is 12.6 Å². The minimum Gasteiger partial charge on any atom is -0.431 e. The van der Waals surface area contributed by atoms with E-state index in [0.29, 0.717) is 13.0 Å². The zero-order valence-electron chi connectivity index (χ0n) is 14.7. The highest BCUT2D eigenvalue weighted by Crippen LogP contribution is 2.36. The first-order valence-corrected chi connectivity index (χ1v) is 8.11. The van der Waals surface area contributed by atoms with Crippen molar-refractivity contribution in [2.24, 2.45) is 0 Å². The third kappa shape index (κ3) is 7.83. The minimum absolute atomic E-state index is 0.133. The number of hydrogen-bond donors (Lipinski definition) is 0. The lowest BCUT2D eigenvalue weighted by Crippen LogP contribution is -2.47. The molecule has 0 aliphatic heterocycles. The molecule has 0 amide bonds. The fourth-order valence-electron chi connectivity index (χ4n) is 1.58. The lowest BCUT2D eigenvalue weighted by atomic mass is 10.3. The number of rotatable bonds is 12. The molecule has 5 nitrogen and oxygen atoms in total. The lowest BCUT2D eigenvalue weighted by molar-refractivity contribution is -0.310. The van der Waals surface area contributed by atoms with Gasteiger partial charge in [0.05, 0.1) is 0 Å². The molecule has 0 aromatic rings. The van der Waals surface area contributed by atoms with Gasteiger partial charge in [0, 0.05) is 13.0 Å². The number of carbonyl (C=O) groups excluding carboxylic acids is 1. The number of alkyl halides is 5. The number of esters is 1. The molecular formula is C15H25F5O5. The van der Waals surface area contributed by atoms with E-state index in [2.05, 4.69) is 4.74 Å². The van der Waals surface area contributed by atoms with Gasteiger partial charge in [-0.3, -0.25) is 0 Å². The zero-order chi connectivity index (χ0) is 19.7. The van der Waals surface area contributed by atoms with E-state index in [0.717, 1.165) is 6.42 Å². The van der Waals surface area contributed by atoms with Crippen LogP contribution >= 0.6 is 0 Å². The zero-order valence-corrected chi connectivity index (χ0v) is 14.7. The van der Waals surface area contributed by atoms with Crippen LogP contribution in [0.5, 0.6) is 0 Å². The van der Waals surface area contributed by atoms with E-state index in [1.165, 1.54) is 6.92 Å². The average Bonchev–Trinajstić information content (AvgIpc) is 2.55. The first-order chi connectivity index (χ1) is 11.5. The van der Waals surface area contributed by atoms with Gasteiger partial charge in [-0.05, 0) is 19.3 Å². The Bertz CT molecular complexity index is 389. The molecule has 0 spiro atoms. The molecule has 0 N–H and O–H groups in total. The maximum absolute atomic E-state index is 12.9. The molecule has 0 heterocycles. The second-order valence-electron chi connectivity index (χ2n) is 5.13. The Morgan fingerprint density at radius 1 is 0.840 bits per heavy atom.